The van der Waals surface area contributed by atoms with Gasteiger partial charge in [-0.1, -0.05) is 46.8 Å². The van der Waals surface area contributed by atoms with Crippen LogP contribution in [-0.2, 0) is 14.3 Å². The number of carbonyl (C=O) groups excluding carboxylic acids is 2. The first-order valence-electron chi connectivity index (χ1n) is 7.05. The summed E-state index contributed by atoms with van der Waals surface area (Å²) in [5, 5.41) is 0. The Bertz CT molecular complexity index is 379. The Balaban J connectivity index is 2.46. The molecule has 3 heteroatoms. The van der Waals surface area contributed by atoms with Gasteiger partial charge in [0.25, 0.3) is 0 Å². The second-order valence-corrected chi connectivity index (χ2v) is 6.68. The summed E-state index contributed by atoms with van der Waals surface area (Å²) in [6, 6.07) is 0. The Kier molecular flexibility index (Phi) is 4.94. The summed E-state index contributed by atoms with van der Waals surface area (Å²) < 4.78 is 5.11. The predicted octanol–water partition coefficient (Wildman–Crippen LogP) is 3.53. The van der Waals surface area contributed by atoms with Gasteiger partial charge in [-0.05, 0) is 24.2 Å². The van der Waals surface area contributed by atoms with E-state index in [2.05, 4.69) is 33.8 Å². The van der Waals surface area contributed by atoms with Crippen molar-refractivity contribution in [2.24, 2.45) is 16.7 Å². The number of carbonyl (C=O) groups is 2. The van der Waals surface area contributed by atoms with E-state index in [9.17, 15) is 9.59 Å². The highest BCUT2D eigenvalue weighted by molar-refractivity contribution is 5.89. The highest BCUT2D eigenvalue weighted by atomic mass is 16.5. The number of ketones is 1. The molecular weight excluding hydrogens is 240 g/mol. The number of Topliss-reactive ketones (excluding diaryl/α,β-unsaturated/α-hetero) is 1. The third-order valence-electron chi connectivity index (χ3n) is 4.39. The summed E-state index contributed by atoms with van der Waals surface area (Å²) in [6.07, 6.45) is 6.03. The van der Waals surface area contributed by atoms with Crippen molar-refractivity contribution in [3.8, 4) is 0 Å². The Hall–Kier alpha value is -1.12. The average molecular weight is 266 g/mol. The molecule has 0 fully saturated rings. The quantitative estimate of drug-likeness (QED) is 0.545. The highest BCUT2D eigenvalue weighted by Gasteiger charge is 2.47. The molecule has 0 aromatic carbocycles. The van der Waals surface area contributed by atoms with Crippen LogP contribution in [0.1, 0.15) is 53.9 Å². The molecule has 19 heavy (non-hydrogen) atoms. The summed E-state index contributed by atoms with van der Waals surface area (Å²) >= 11 is 0. The van der Waals surface area contributed by atoms with Crippen molar-refractivity contribution in [1.29, 1.82) is 0 Å². The van der Waals surface area contributed by atoms with Crippen LogP contribution >= 0.6 is 0 Å². The SMILES string of the molecule is CC(C)CCC(=O)OCC(=O)[C@@]1(C)CC=CC1(C)C. The van der Waals surface area contributed by atoms with E-state index in [0.717, 1.165) is 12.8 Å². The lowest BCUT2D eigenvalue weighted by Crippen LogP contribution is -2.40. The van der Waals surface area contributed by atoms with Gasteiger partial charge < -0.3 is 4.74 Å². The van der Waals surface area contributed by atoms with Crippen LogP contribution in [-0.4, -0.2) is 18.4 Å². The largest absolute Gasteiger partial charge is 0.458 e. The van der Waals surface area contributed by atoms with Crippen LogP contribution < -0.4 is 0 Å². The van der Waals surface area contributed by atoms with Crippen molar-refractivity contribution in [1.82, 2.24) is 0 Å². The topological polar surface area (TPSA) is 43.4 Å². The molecule has 1 rings (SSSR count). The number of ether oxygens (including phenoxy) is 1. The smallest absolute Gasteiger partial charge is 0.306 e. The Morgan fingerprint density at radius 1 is 1.26 bits per heavy atom. The van der Waals surface area contributed by atoms with Gasteiger partial charge in [0.15, 0.2) is 12.4 Å². The molecule has 0 bridgehead atoms. The lowest BCUT2D eigenvalue weighted by atomic mass is 9.66. The van der Waals surface area contributed by atoms with Crippen molar-refractivity contribution in [3.05, 3.63) is 12.2 Å². The third kappa shape index (κ3) is 3.68. The van der Waals surface area contributed by atoms with E-state index in [0.29, 0.717) is 12.3 Å². The van der Waals surface area contributed by atoms with Crippen LogP contribution in [0.25, 0.3) is 0 Å². The number of rotatable bonds is 6. The van der Waals surface area contributed by atoms with E-state index >= 15 is 0 Å². The zero-order valence-electron chi connectivity index (χ0n) is 12.8. The fourth-order valence-corrected chi connectivity index (χ4v) is 2.29. The van der Waals surface area contributed by atoms with Gasteiger partial charge in [-0.3, -0.25) is 9.59 Å². The molecule has 0 unspecified atom stereocenters. The van der Waals surface area contributed by atoms with Crippen LogP contribution in [0.3, 0.4) is 0 Å². The van der Waals surface area contributed by atoms with E-state index in [1.165, 1.54) is 0 Å². The number of hydrogen-bond acceptors (Lipinski definition) is 3. The fraction of sp³-hybridized carbons (Fsp3) is 0.750. The molecule has 0 radical (unpaired) electrons. The first kappa shape index (κ1) is 15.9. The van der Waals surface area contributed by atoms with Crippen molar-refractivity contribution in [2.75, 3.05) is 6.61 Å². The van der Waals surface area contributed by atoms with Gasteiger partial charge in [0.05, 0.1) is 0 Å². The molecule has 1 atom stereocenters. The van der Waals surface area contributed by atoms with E-state index in [-0.39, 0.29) is 23.8 Å². The van der Waals surface area contributed by atoms with E-state index in [1.54, 1.807) is 0 Å². The molecular formula is C16H26O3. The second-order valence-electron chi connectivity index (χ2n) is 6.68. The third-order valence-corrected chi connectivity index (χ3v) is 4.39. The maximum atomic E-state index is 12.3. The molecule has 1 aliphatic carbocycles. The minimum absolute atomic E-state index is 0.0143. The van der Waals surface area contributed by atoms with Crippen molar-refractivity contribution in [3.63, 3.8) is 0 Å². The van der Waals surface area contributed by atoms with Gasteiger partial charge in [-0.25, -0.2) is 0 Å². The van der Waals surface area contributed by atoms with Crippen LogP contribution in [0.15, 0.2) is 12.2 Å². The first-order valence-corrected chi connectivity index (χ1v) is 7.05. The van der Waals surface area contributed by atoms with Gasteiger partial charge in [0.1, 0.15) is 0 Å². The zero-order chi connectivity index (χ0) is 14.7. The predicted molar refractivity (Wildman–Crippen MR) is 75.7 cm³/mol. The number of hydrogen-bond donors (Lipinski definition) is 0. The minimum atomic E-state index is -0.453. The zero-order valence-corrected chi connectivity index (χ0v) is 12.8. The lowest BCUT2D eigenvalue weighted by Gasteiger charge is -2.36. The molecule has 3 nitrogen and oxygen atoms in total. The van der Waals surface area contributed by atoms with Crippen LogP contribution in [0.5, 0.6) is 0 Å². The van der Waals surface area contributed by atoms with Crippen molar-refractivity contribution >= 4 is 11.8 Å². The van der Waals surface area contributed by atoms with Gasteiger partial charge in [0.2, 0.25) is 0 Å². The van der Waals surface area contributed by atoms with Gasteiger partial charge in [-0.15, -0.1) is 0 Å². The molecule has 0 amide bonds. The van der Waals surface area contributed by atoms with Gasteiger partial charge in [-0.2, -0.15) is 0 Å². The monoisotopic (exact) mass is 266 g/mol. The normalized spacial score (nSPS) is 24.7. The molecule has 0 aromatic heterocycles. The van der Waals surface area contributed by atoms with Crippen molar-refractivity contribution < 1.29 is 14.3 Å². The Morgan fingerprint density at radius 2 is 1.89 bits per heavy atom. The Morgan fingerprint density at radius 3 is 2.37 bits per heavy atom. The molecule has 0 aliphatic heterocycles. The van der Waals surface area contributed by atoms with Gasteiger partial charge in [0, 0.05) is 11.8 Å². The van der Waals surface area contributed by atoms with E-state index < -0.39 is 5.41 Å². The summed E-state index contributed by atoms with van der Waals surface area (Å²) in [6.45, 7) is 10.1. The highest BCUT2D eigenvalue weighted by Crippen LogP contribution is 2.48. The van der Waals surface area contributed by atoms with Crippen LogP contribution in [0.2, 0.25) is 0 Å². The maximum absolute atomic E-state index is 12.3. The van der Waals surface area contributed by atoms with Crippen molar-refractivity contribution in [2.45, 2.75) is 53.9 Å². The van der Waals surface area contributed by atoms with Crippen LogP contribution in [0.4, 0.5) is 0 Å². The van der Waals surface area contributed by atoms with Gasteiger partial charge >= 0.3 is 5.97 Å². The molecule has 0 saturated carbocycles. The molecule has 0 N–H and O–H groups in total. The maximum Gasteiger partial charge on any atom is 0.306 e. The van der Waals surface area contributed by atoms with E-state index in [4.69, 9.17) is 4.74 Å². The first-order chi connectivity index (χ1) is 8.69. The Labute approximate surface area is 116 Å². The lowest BCUT2D eigenvalue weighted by molar-refractivity contribution is -0.152. The van der Waals surface area contributed by atoms with E-state index in [1.807, 2.05) is 13.0 Å². The standard InChI is InChI=1S/C16H26O3/c1-12(2)7-8-14(18)19-11-13(17)16(5)10-6-9-15(16,3)4/h6,9,12H,7-8,10-11H2,1-5H3/t16-/m1/s1. The number of esters is 1. The average Bonchev–Trinajstić information content (AvgIpc) is 2.59. The number of allylic oxidation sites excluding steroid dienone is 2. The molecule has 0 aromatic rings. The summed E-state index contributed by atoms with van der Waals surface area (Å²) in [5.74, 6) is 0.216. The molecule has 0 spiro atoms. The molecule has 108 valence electrons. The summed E-state index contributed by atoms with van der Waals surface area (Å²) in [4.78, 5) is 23.9. The van der Waals surface area contributed by atoms with Crippen LogP contribution in [0, 0.1) is 16.7 Å². The summed E-state index contributed by atoms with van der Waals surface area (Å²) in [5.41, 5.74) is -0.625. The second kappa shape index (κ2) is 5.89. The molecule has 0 heterocycles. The minimum Gasteiger partial charge on any atom is -0.458 e. The summed E-state index contributed by atoms with van der Waals surface area (Å²) in [7, 11) is 0. The molecule has 0 saturated heterocycles. The molecule has 1 aliphatic rings. The fourth-order valence-electron chi connectivity index (χ4n) is 2.29.